The number of carbonyl (C=O) groups excluding carboxylic acids is 1. The highest BCUT2D eigenvalue weighted by Gasteiger charge is 2.35. The standard InChI is InChI=1S/C21H34F2N6O2.HI/c1-21(2,3)31-20(30)29(14-15-5-6-15)16-7-10-27(11-8-16)19(24-4)26-13-17-25-9-12-28(17)18(22)23;/h9,12,15-16,18H,5-8,10-11,13-14H2,1-4H3,(H,24,26);1H. The lowest BCUT2D eigenvalue weighted by molar-refractivity contribution is 0.00925. The number of ether oxygens (including phenoxy) is 1. The molecule has 1 aromatic heterocycles. The predicted octanol–water partition coefficient (Wildman–Crippen LogP) is 4.08. The van der Waals surface area contributed by atoms with Crippen molar-refractivity contribution in [2.45, 2.75) is 71.2 Å². The number of piperidine rings is 1. The number of imidazole rings is 1. The average molecular weight is 568 g/mol. The van der Waals surface area contributed by atoms with E-state index in [0.717, 1.165) is 37.0 Å². The molecule has 1 saturated carbocycles. The first kappa shape index (κ1) is 26.6. The number of aliphatic imine (C=N–C) groups is 1. The molecule has 3 rings (SSSR count). The van der Waals surface area contributed by atoms with Crippen LogP contribution in [-0.4, -0.2) is 69.7 Å². The second kappa shape index (κ2) is 11.5. The van der Waals surface area contributed by atoms with Crippen molar-refractivity contribution in [2.24, 2.45) is 10.9 Å². The number of carbonyl (C=O) groups is 1. The molecule has 11 heteroatoms. The molecule has 2 heterocycles. The molecular weight excluding hydrogens is 533 g/mol. The Hall–Kier alpha value is -1.66. The smallest absolute Gasteiger partial charge is 0.410 e. The lowest BCUT2D eigenvalue weighted by Gasteiger charge is -2.40. The summed E-state index contributed by atoms with van der Waals surface area (Å²) >= 11 is 0. The van der Waals surface area contributed by atoms with Crippen LogP contribution in [0, 0.1) is 5.92 Å². The van der Waals surface area contributed by atoms with Crippen LogP contribution in [0.3, 0.4) is 0 Å². The van der Waals surface area contributed by atoms with E-state index in [4.69, 9.17) is 4.74 Å². The molecule has 0 spiro atoms. The fourth-order valence-electron chi connectivity index (χ4n) is 3.81. The monoisotopic (exact) mass is 568 g/mol. The quantitative estimate of drug-likeness (QED) is 0.318. The van der Waals surface area contributed by atoms with E-state index in [-0.39, 0.29) is 48.5 Å². The Bertz CT molecular complexity index is 771. The number of nitrogens with zero attached hydrogens (tertiary/aromatic N) is 5. The Morgan fingerprint density at radius 1 is 1.31 bits per heavy atom. The van der Waals surface area contributed by atoms with Gasteiger partial charge in [-0.1, -0.05) is 0 Å². The van der Waals surface area contributed by atoms with Crippen molar-refractivity contribution in [3.8, 4) is 0 Å². The van der Waals surface area contributed by atoms with Crippen molar-refractivity contribution < 1.29 is 18.3 Å². The second-order valence-electron chi connectivity index (χ2n) is 9.22. The minimum Gasteiger partial charge on any atom is -0.444 e. The molecule has 2 aliphatic rings. The van der Waals surface area contributed by atoms with Gasteiger partial charge in [0.1, 0.15) is 11.4 Å². The summed E-state index contributed by atoms with van der Waals surface area (Å²) in [6.45, 7) is 5.39. The maximum absolute atomic E-state index is 13.0. The molecule has 1 saturated heterocycles. The predicted molar refractivity (Wildman–Crippen MR) is 129 cm³/mol. The van der Waals surface area contributed by atoms with E-state index >= 15 is 0 Å². The minimum atomic E-state index is -2.62. The van der Waals surface area contributed by atoms with Crippen LogP contribution in [0.15, 0.2) is 17.4 Å². The van der Waals surface area contributed by atoms with Gasteiger partial charge in [-0.15, -0.1) is 24.0 Å². The molecule has 8 nitrogen and oxygen atoms in total. The fraction of sp³-hybridized carbons (Fsp3) is 0.762. The fourth-order valence-corrected chi connectivity index (χ4v) is 3.81. The van der Waals surface area contributed by atoms with Crippen molar-refractivity contribution in [3.63, 3.8) is 0 Å². The Morgan fingerprint density at radius 3 is 2.50 bits per heavy atom. The molecule has 1 aliphatic heterocycles. The first-order chi connectivity index (χ1) is 14.7. The average Bonchev–Trinajstić information content (AvgIpc) is 3.40. The number of aromatic nitrogens is 2. The minimum absolute atomic E-state index is 0. The molecule has 0 aromatic carbocycles. The maximum atomic E-state index is 13.0. The Morgan fingerprint density at radius 2 is 1.97 bits per heavy atom. The van der Waals surface area contributed by atoms with Crippen molar-refractivity contribution in [3.05, 3.63) is 18.2 Å². The van der Waals surface area contributed by atoms with Crippen LogP contribution in [0.2, 0.25) is 0 Å². The van der Waals surface area contributed by atoms with E-state index in [1.807, 2.05) is 25.7 Å². The number of likely N-dealkylation sites (tertiary alicyclic amines) is 1. The zero-order chi connectivity index (χ0) is 22.6. The molecule has 0 bridgehead atoms. The molecule has 2 fully saturated rings. The van der Waals surface area contributed by atoms with Crippen molar-refractivity contribution in [1.82, 2.24) is 24.7 Å². The Balaban J connectivity index is 0.00000363. The van der Waals surface area contributed by atoms with Crippen LogP contribution in [-0.2, 0) is 11.3 Å². The van der Waals surface area contributed by atoms with Crippen LogP contribution in [0.1, 0.15) is 58.8 Å². The van der Waals surface area contributed by atoms with Gasteiger partial charge in [-0.25, -0.2) is 9.78 Å². The van der Waals surface area contributed by atoms with Gasteiger partial charge in [0.2, 0.25) is 0 Å². The molecule has 1 N–H and O–H groups in total. The van der Waals surface area contributed by atoms with E-state index in [0.29, 0.717) is 11.9 Å². The van der Waals surface area contributed by atoms with Gasteiger partial charge in [-0.2, -0.15) is 8.78 Å². The first-order valence-corrected chi connectivity index (χ1v) is 10.9. The van der Waals surface area contributed by atoms with E-state index in [2.05, 4.69) is 20.2 Å². The number of alkyl halides is 2. The zero-order valence-corrected chi connectivity index (χ0v) is 21.6. The molecule has 1 amide bonds. The van der Waals surface area contributed by atoms with E-state index < -0.39 is 12.2 Å². The summed E-state index contributed by atoms with van der Waals surface area (Å²) in [6.07, 6.45) is 6.34. The molecular formula is C21H35F2IN6O2. The normalized spacial score (nSPS) is 17.8. The molecule has 182 valence electrons. The van der Waals surface area contributed by atoms with Gasteiger partial charge in [-0.05, 0) is 52.4 Å². The lowest BCUT2D eigenvalue weighted by atomic mass is 10.0. The van der Waals surface area contributed by atoms with Crippen LogP contribution >= 0.6 is 24.0 Å². The number of guanidine groups is 1. The summed E-state index contributed by atoms with van der Waals surface area (Å²) in [7, 11) is 1.67. The molecule has 0 atom stereocenters. The van der Waals surface area contributed by atoms with Crippen LogP contribution in [0.4, 0.5) is 13.6 Å². The number of amides is 1. The van der Waals surface area contributed by atoms with Gasteiger partial charge >= 0.3 is 12.6 Å². The lowest BCUT2D eigenvalue weighted by Crippen LogP contribution is -2.52. The maximum Gasteiger partial charge on any atom is 0.410 e. The summed E-state index contributed by atoms with van der Waals surface area (Å²) in [4.78, 5) is 25.1. The van der Waals surface area contributed by atoms with Crippen molar-refractivity contribution in [1.29, 1.82) is 0 Å². The van der Waals surface area contributed by atoms with Crippen molar-refractivity contribution in [2.75, 3.05) is 26.7 Å². The summed E-state index contributed by atoms with van der Waals surface area (Å²) in [5.74, 6) is 1.48. The third-order valence-corrected chi connectivity index (χ3v) is 5.56. The highest BCUT2D eigenvalue weighted by Crippen LogP contribution is 2.32. The number of hydrogen-bond acceptors (Lipinski definition) is 4. The van der Waals surface area contributed by atoms with Crippen LogP contribution in [0.5, 0.6) is 0 Å². The number of nitrogens with one attached hydrogen (secondary N) is 1. The third kappa shape index (κ3) is 7.45. The number of halogens is 3. The van der Waals surface area contributed by atoms with Crippen LogP contribution < -0.4 is 5.32 Å². The van der Waals surface area contributed by atoms with E-state index in [1.54, 1.807) is 7.05 Å². The molecule has 1 aromatic rings. The second-order valence-corrected chi connectivity index (χ2v) is 9.22. The Labute approximate surface area is 205 Å². The summed E-state index contributed by atoms with van der Waals surface area (Å²) in [5.41, 5.74) is -0.518. The number of rotatable bonds is 6. The highest BCUT2D eigenvalue weighted by atomic mass is 127. The molecule has 0 unspecified atom stereocenters. The van der Waals surface area contributed by atoms with Crippen molar-refractivity contribution >= 4 is 36.0 Å². The van der Waals surface area contributed by atoms with Gasteiger partial charge in [-0.3, -0.25) is 9.56 Å². The summed E-state index contributed by atoms with van der Waals surface area (Å²) in [5, 5.41) is 3.13. The first-order valence-electron chi connectivity index (χ1n) is 10.9. The SMILES string of the molecule is CN=C(NCc1nccn1C(F)F)N1CCC(N(CC2CC2)C(=O)OC(C)(C)C)CC1.I. The highest BCUT2D eigenvalue weighted by molar-refractivity contribution is 14.0. The Kier molecular flexibility index (Phi) is 9.53. The molecule has 1 aliphatic carbocycles. The summed E-state index contributed by atoms with van der Waals surface area (Å²) < 4.78 is 32.5. The molecule has 32 heavy (non-hydrogen) atoms. The molecule has 0 radical (unpaired) electrons. The summed E-state index contributed by atoms with van der Waals surface area (Å²) in [6, 6.07) is 0.127. The third-order valence-electron chi connectivity index (χ3n) is 5.56. The van der Waals surface area contributed by atoms with Gasteiger partial charge in [0.05, 0.1) is 6.54 Å². The van der Waals surface area contributed by atoms with Gasteiger partial charge < -0.3 is 19.9 Å². The zero-order valence-electron chi connectivity index (χ0n) is 19.3. The van der Waals surface area contributed by atoms with Crippen LogP contribution in [0.25, 0.3) is 0 Å². The van der Waals surface area contributed by atoms with Gasteiger partial charge in [0, 0.05) is 45.1 Å². The largest absolute Gasteiger partial charge is 0.444 e. The van der Waals surface area contributed by atoms with Gasteiger partial charge in [0.15, 0.2) is 5.96 Å². The number of hydrogen-bond donors (Lipinski definition) is 1. The topological polar surface area (TPSA) is 75.0 Å². The van der Waals surface area contributed by atoms with Gasteiger partial charge in [0.25, 0.3) is 0 Å². The van der Waals surface area contributed by atoms with E-state index in [9.17, 15) is 13.6 Å². The van der Waals surface area contributed by atoms with E-state index in [1.165, 1.54) is 25.2 Å².